The molecule has 0 aromatic heterocycles. The summed E-state index contributed by atoms with van der Waals surface area (Å²) in [7, 11) is 0. The van der Waals surface area contributed by atoms with Crippen LogP contribution in [0.4, 0.5) is 10.1 Å². The molecule has 0 radical (unpaired) electrons. The quantitative estimate of drug-likeness (QED) is 0.343. The molecule has 0 fully saturated rings. The molecule has 0 aliphatic heterocycles. The summed E-state index contributed by atoms with van der Waals surface area (Å²) in [4.78, 5) is 11.9. The molecule has 2 N–H and O–H groups in total. The van der Waals surface area contributed by atoms with Gasteiger partial charge in [0.2, 0.25) is 0 Å². The van der Waals surface area contributed by atoms with Gasteiger partial charge in [-0.2, -0.15) is 0 Å². The van der Waals surface area contributed by atoms with Crippen LogP contribution in [0.5, 0.6) is 0 Å². The SMILES string of the molecule is CCOC(=O)CCCCCSc1cc(F)ccc1N. The third kappa shape index (κ3) is 6.47. The number of carbonyl (C=O) groups is 1. The third-order valence-corrected chi connectivity index (χ3v) is 3.72. The van der Waals surface area contributed by atoms with Crippen molar-refractivity contribution in [1.82, 2.24) is 0 Å². The minimum absolute atomic E-state index is 0.135. The highest BCUT2D eigenvalue weighted by Crippen LogP contribution is 2.26. The monoisotopic (exact) mass is 285 g/mol. The number of nitrogen functional groups attached to an aromatic ring is 1. The molecule has 0 heterocycles. The van der Waals surface area contributed by atoms with Crippen LogP contribution >= 0.6 is 11.8 Å². The molecule has 1 aromatic carbocycles. The number of thioether (sulfide) groups is 1. The Morgan fingerprint density at radius 1 is 1.37 bits per heavy atom. The van der Waals surface area contributed by atoms with Gasteiger partial charge in [-0.15, -0.1) is 11.8 Å². The Morgan fingerprint density at radius 2 is 2.16 bits per heavy atom. The predicted molar refractivity (Wildman–Crippen MR) is 76.6 cm³/mol. The second-order valence-corrected chi connectivity index (χ2v) is 5.28. The van der Waals surface area contributed by atoms with Crippen LogP contribution in [0.3, 0.4) is 0 Å². The van der Waals surface area contributed by atoms with Gasteiger partial charge in [0.15, 0.2) is 0 Å². The lowest BCUT2D eigenvalue weighted by Crippen LogP contribution is -2.03. The molecule has 0 aliphatic rings. The lowest BCUT2D eigenvalue weighted by Gasteiger charge is -2.05. The smallest absolute Gasteiger partial charge is 0.305 e. The number of nitrogens with two attached hydrogens (primary N) is 1. The molecule has 0 saturated heterocycles. The maximum atomic E-state index is 13.0. The highest BCUT2D eigenvalue weighted by Gasteiger charge is 2.03. The van der Waals surface area contributed by atoms with Crippen LogP contribution in [-0.2, 0) is 9.53 Å². The summed E-state index contributed by atoms with van der Waals surface area (Å²) in [6.45, 7) is 2.24. The van der Waals surface area contributed by atoms with Crippen molar-refractivity contribution in [1.29, 1.82) is 0 Å². The van der Waals surface area contributed by atoms with Crippen molar-refractivity contribution >= 4 is 23.4 Å². The zero-order valence-corrected chi connectivity index (χ0v) is 12.0. The third-order valence-electron chi connectivity index (χ3n) is 2.56. The number of unbranched alkanes of at least 4 members (excludes halogenated alkanes) is 2. The van der Waals surface area contributed by atoms with Crippen LogP contribution in [0.2, 0.25) is 0 Å². The van der Waals surface area contributed by atoms with E-state index in [0.717, 1.165) is 29.9 Å². The number of hydrogen-bond donors (Lipinski definition) is 1. The van der Waals surface area contributed by atoms with Gasteiger partial charge in [-0.05, 0) is 43.7 Å². The van der Waals surface area contributed by atoms with Gasteiger partial charge in [0.1, 0.15) is 5.82 Å². The molecular weight excluding hydrogens is 265 g/mol. The van der Waals surface area contributed by atoms with E-state index in [9.17, 15) is 9.18 Å². The average Bonchev–Trinajstić information content (AvgIpc) is 2.38. The maximum absolute atomic E-state index is 13.0. The topological polar surface area (TPSA) is 52.3 Å². The highest BCUT2D eigenvalue weighted by atomic mass is 32.2. The molecule has 0 amide bonds. The van der Waals surface area contributed by atoms with E-state index in [2.05, 4.69) is 0 Å². The van der Waals surface area contributed by atoms with Gasteiger partial charge in [0.25, 0.3) is 0 Å². The first-order chi connectivity index (χ1) is 9.13. The molecule has 0 bridgehead atoms. The first kappa shape index (κ1) is 15.8. The molecule has 106 valence electrons. The van der Waals surface area contributed by atoms with Crippen LogP contribution < -0.4 is 5.73 Å². The maximum Gasteiger partial charge on any atom is 0.305 e. The zero-order chi connectivity index (χ0) is 14.1. The van der Waals surface area contributed by atoms with Crippen molar-refractivity contribution in [2.24, 2.45) is 0 Å². The fraction of sp³-hybridized carbons (Fsp3) is 0.500. The summed E-state index contributed by atoms with van der Waals surface area (Å²) in [5, 5.41) is 0. The van der Waals surface area contributed by atoms with Crippen LogP contribution in [0.1, 0.15) is 32.6 Å². The fourth-order valence-electron chi connectivity index (χ4n) is 1.60. The minimum atomic E-state index is -0.265. The summed E-state index contributed by atoms with van der Waals surface area (Å²) in [5.41, 5.74) is 6.36. The molecule has 0 spiro atoms. The Morgan fingerprint density at radius 3 is 2.89 bits per heavy atom. The Labute approximate surface area is 117 Å². The molecular formula is C14H20FNO2S. The van der Waals surface area contributed by atoms with Crippen LogP contribution in [0, 0.1) is 5.82 Å². The van der Waals surface area contributed by atoms with Crippen molar-refractivity contribution in [3.63, 3.8) is 0 Å². The number of hydrogen-bond acceptors (Lipinski definition) is 4. The second kappa shape index (κ2) is 8.80. The van der Waals surface area contributed by atoms with Crippen molar-refractivity contribution in [3.05, 3.63) is 24.0 Å². The van der Waals surface area contributed by atoms with Crippen molar-refractivity contribution in [2.75, 3.05) is 18.1 Å². The molecule has 0 saturated carbocycles. The molecule has 1 rings (SSSR count). The van der Waals surface area contributed by atoms with Gasteiger partial charge in [0, 0.05) is 17.0 Å². The largest absolute Gasteiger partial charge is 0.466 e. The molecule has 0 aliphatic carbocycles. The van der Waals surface area contributed by atoms with E-state index in [1.807, 2.05) is 0 Å². The van der Waals surface area contributed by atoms with Gasteiger partial charge < -0.3 is 10.5 Å². The summed E-state index contributed by atoms with van der Waals surface area (Å²) in [6.07, 6.45) is 3.24. The Bertz CT molecular complexity index is 412. The molecule has 3 nitrogen and oxygen atoms in total. The molecule has 0 atom stereocenters. The lowest BCUT2D eigenvalue weighted by molar-refractivity contribution is -0.143. The molecule has 19 heavy (non-hydrogen) atoms. The number of halogens is 1. The fourth-order valence-corrected chi connectivity index (χ4v) is 2.60. The lowest BCUT2D eigenvalue weighted by atomic mass is 10.2. The van der Waals surface area contributed by atoms with Gasteiger partial charge >= 0.3 is 5.97 Å². The van der Waals surface area contributed by atoms with Crippen molar-refractivity contribution < 1.29 is 13.9 Å². The Hall–Kier alpha value is -1.23. The summed E-state index contributed by atoms with van der Waals surface area (Å²) >= 11 is 1.55. The first-order valence-corrected chi connectivity index (χ1v) is 7.45. The van der Waals surface area contributed by atoms with E-state index < -0.39 is 0 Å². The molecule has 1 aromatic rings. The standard InChI is InChI=1S/C14H20FNO2S/c1-2-18-14(17)6-4-3-5-9-19-13-10-11(15)7-8-12(13)16/h7-8,10H,2-6,9,16H2,1H3. The normalized spacial score (nSPS) is 10.4. The highest BCUT2D eigenvalue weighted by molar-refractivity contribution is 7.99. The van der Waals surface area contributed by atoms with E-state index in [1.165, 1.54) is 12.1 Å². The Kier molecular flexibility index (Phi) is 7.33. The molecule has 5 heteroatoms. The van der Waals surface area contributed by atoms with Crippen molar-refractivity contribution in [3.8, 4) is 0 Å². The number of benzene rings is 1. The van der Waals surface area contributed by atoms with Gasteiger partial charge in [0.05, 0.1) is 6.61 Å². The van der Waals surface area contributed by atoms with E-state index in [0.29, 0.717) is 18.7 Å². The number of esters is 1. The average molecular weight is 285 g/mol. The first-order valence-electron chi connectivity index (χ1n) is 6.47. The van der Waals surface area contributed by atoms with E-state index in [1.54, 1.807) is 24.8 Å². The van der Waals surface area contributed by atoms with Crippen LogP contribution in [-0.4, -0.2) is 18.3 Å². The number of anilines is 1. The number of carbonyl (C=O) groups excluding carboxylic acids is 1. The summed E-state index contributed by atoms with van der Waals surface area (Å²) < 4.78 is 17.9. The van der Waals surface area contributed by atoms with Gasteiger partial charge in [-0.3, -0.25) is 4.79 Å². The van der Waals surface area contributed by atoms with Crippen molar-refractivity contribution in [2.45, 2.75) is 37.5 Å². The van der Waals surface area contributed by atoms with Crippen LogP contribution in [0.25, 0.3) is 0 Å². The second-order valence-electron chi connectivity index (χ2n) is 4.15. The van der Waals surface area contributed by atoms with Gasteiger partial charge in [-0.1, -0.05) is 6.42 Å². The minimum Gasteiger partial charge on any atom is -0.466 e. The molecule has 0 unspecified atom stereocenters. The summed E-state index contributed by atoms with van der Waals surface area (Å²) in [6, 6.07) is 4.40. The zero-order valence-electron chi connectivity index (χ0n) is 11.2. The van der Waals surface area contributed by atoms with E-state index in [4.69, 9.17) is 10.5 Å². The van der Waals surface area contributed by atoms with E-state index in [-0.39, 0.29) is 11.8 Å². The number of ether oxygens (including phenoxy) is 1. The summed E-state index contributed by atoms with van der Waals surface area (Å²) in [5.74, 6) is 0.472. The Balaban J connectivity index is 2.14. The van der Waals surface area contributed by atoms with Crippen LogP contribution in [0.15, 0.2) is 23.1 Å². The van der Waals surface area contributed by atoms with E-state index >= 15 is 0 Å². The number of rotatable bonds is 8. The predicted octanol–water partition coefficient (Wildman–Crippen LogP) is 3.62. The van der Waals surface area contributed by atoms with Gasteiger partial charge in [-0.25, -0.2) is 4.39 Å².